The van der Waals surface area contributed by atoms with E-state index in [0.717, 1.165) is 37.0 Å². The van der Waals surface area contributed by atoms with Crippen LogP contribution in [-0.2, 0) is 9.53 Å². The Balaban J connectivity index is 1.48. The average molecular weight is 438 g/mol. The van der Waals surface area contributed by atoms with Crippen molar-refractivity contribution in [1.82, 2.24) is 14.8 Å². The Bertz CT molecular complexity index is 883. The molecule has 2 aliphatic rings. The van der Waals surface area contributed by atoms with Gasteiger partial charge in [-0.05, 0) is 38.0 Å². The number of nitrogens with zero attached hydrogens (tertiary/aromatic N) is 4. The quantitative estimate of drug-likeness (QED) is 0.666. The third kappa shape index (κ3) is 4.62. The van der Waals surface area contributed by atoms with E-state index in [2.05, 4.69) is 25.0 Å². The minimum absolute atomic E-state index is 0.145. The van der Waals surface area contributed by atoms with Crippen molar-refractivity contribution in [1.29, 1.82) is 0 Å². The third-order valence-electron chi connectivity index (χ3n) is 4.92. The molecule has 0 radical (unpaired) electrons. The van der Waals surface area contributed by atoms with Gasteiger partial charge in [0.15, 0.2) is 5.16 Å². The number of hydrogen-bond acceptors (Lipinski definition) is 7. The first-order chi connectivity index (χ1) is 14.1. The lowest BCUT2D eigenvalue weighted by atomic mass is 10.3. The Kier molecular flexibility index (Phi) is 6.17. The Hall–Kier alpha value is -1.97. The predicted molar refractivity (Wildman–Crippen MR) is 113 cm³/mol. The number of rotatable bonds is 7. The van der Waals surface area contributed by atoms with Crippen molar-refractivity contribution in [2.24, 2.45) is 0 Å². The minimum Gasteiger partial charge on any atom is -0.495 e. The lowest BCUT2D eigenvalue weighted by molar-refractivity contribution is -0.115. The SMILES string of the molecule is COc1ccc(Cl)cc1NC(=O)C(C)Sc1nnc(N2CCOCC2)n1C1CC1. The first-order valence-corrected chi connectivity index (χ1v) is 10.9. The normalized spacial score (nSPS) is 17.8. The number of methoxy groups -OCH3 is 1. The van der Waals surface area contributed by atoms with Crippen molar-refractivity contribution in [2.75, 3.05) is 43.6 Å². The highest BCUT2D eigenvalue weighted by Crippen LogP contribution is 2.42. The first-order valence-electron chi connectivity index (χ1n) is 9.65. The Morgan fingerprint density at radius 1 is 1.34 bits per heavy atom. The summed E-state index contributed by atoms with van der Waals surface area (Å²) in [6.07, 6.45) is 2.23. The van der Waals surface area contributed by atoms with Gasteiger partial charge < -0.3 is 19.7 Å². The first kappa shape index (κ1) is 20.3. The molecule has 2 aromatic rings. The molecule has 29 heavy (non-hydrogen) atoms. The van der Waals surface area contributed by atoms with Crippen LogP contribution in [0.2, 0.25) is 5.02 Å². The fourth-order valence-electron chi connectivity index (χ4n) is 3.20. The van der Waals surface area contributed by atoms with Gasteiger partial charge in [-0.3, -0.25) is 9.36 Å². The van der Waals surface area contributed by atoms with Gasteiger partial charge in [-0.15, -0.1) is 10.2 Å². The molecule has 1 unspecified atom stereocenters. The van der Waals surface area contributed by atoms with E-state index in [4.69, 9.17) is 21.1 Å². The predicted octanol–water partition coefficient (Wildman–Crippen LogP) is 3.23. The summed E-state index contributed by atoms with van der Waals surface area (Å²) in [5.74, 6) is 1.30. The average Bonchev–Trinajstić information content (AvgIpc) is 3.48. The van der Waals surface area contributed by atoms with Gasteiger partial charge in [0.2, 0.25) is 11.9 Å². The number of benzene rings is 1. The van der Waals surface area contributed by atoms with Crippen molar-refractivity contribution >= 4 is 40.9 Å². The summed E-state index contributed by atoms with van der Waals surface area (Å²) in [4.78, 5) is 15.0. The van der Waals surface area contributed by atoms with E-state index in [-0.39, 0.29) is 11.2 Å². The molecule has 1 aliphatic heterocycles. The summed E-state index contributed by atoms with van der Waals surface area (Å²) >= 11 is 7.47. The maximum Gasteiger partial charge on any atom is 0.237 e. The highest BCUT2D eigenvalue weighted by molar-refractivity contribution is 8.00. The summed E-state index contributed by atoms with van der Waals surface area (Å²) in [5.41, 5.74) is 0.551. The van der Waals surface area contributed by atoms with Gasteiger partial charge >= 0.3 is 0 Å². The number of carbonyl (C=O) groups is 1. The lowest BCUT2D eigenvalue weighted by Gasteiger charge is -2.28. The molecule has 1 aromatic carbocycles. The standard InChI is InChI=1S/C19H24ClN5O3S/c1-12(17(26)21-15-11-13(20)3-6-16(15)27-2)29-19-23-22-18(25(19)14-4-5-14)24-7-9-28-10-8-24/h3,6,11-12,14H,4-5,7-10H2,1-2H3,(H,21,26). The molecule has 1 saturated carbocycles. The molecule has 1 aliphatic carbocycles. The maximum absolute atomic E-state index is 12.8. The summed E-state index contributed by atoms with van der Waals surface area (Å²) in [7, 11) is 1.56. The number of carbonyl (C=O) groups excluding carboxylic acids is 1. The summed E-state index contributed by atoms with van der Waals surface area (Å²) < 4.78 is 12.9. The van der Waals surface area contributed by atoms with E-state index in [0.29, 0.717) is 35.7 Å². The Morgan fingerprint density at radius 2 is 2.10 bits per heavy atom. The number of morpholine rings is 1. The topological polar surface area (TPSA) is 81.5 Å². The molecule has 0 spiro atoms. The fraction of sp³-hybridized carbons (Fsp3) is 0.526. The maximum atomic E-state index is 12.8. The van der Waals surface area contributed by atoms with Gasteiger partial charge in [0.05, 0.1) is 31.3 Å². The van der Waals surface area contributed by atoms with Crippen molar-refractivity contribution < 1.29 is 14.3 Å². The van der Waals surface area contributed by atoms with Gasteiger partial charge in [-0.2, -0.15) is 0 Å². The molecular weight excluding hydrogens is 414 g/mol. The van der Waals surface area contributed by atoms with E-state index in [1.165, 1.54) is 11.8 Å². The van der Waals surface area contributed by atoms with Gasteiger partial charge in [0.1, 0.15) is 5.75 Å². The van der Waals surface area contributed by atoms with Crippen LogP contribution in [0.5, 0.6) is 5.75 Å². The molecule has 8 nitrogen and oxygen atoms in total. The van der Waals surface area contributed by atoms with Crippen molar-refractivity contribution in [2.45, 2.75) is 36.2 Å². The second kappa shape index (κ2) is 8.81. The Morgan fingerprint density at radius 3 is 2.79 bits per heavy atom. The third-order valence-corrected chi connectivity index (χ3v) is 6.22. The monoisotopic (exact) mass is 437 g/mol. The van der Waals surface area contributed by atoms with Gasteiger partial charge in [0.25, 0.3) is 0 Å². The van der Waals surface area contributed by atoms with Crippen LogP contribution in [0, 0.1) is 0 Å². The largest absolute Gasteiger partial charge is 0.495 e. The van der Waals surface area contributed by atoms with E-state index < -0.39 is 0 Å². The molecule has 1 amide bonds. The van der Waals surface area contributed by atoms with Crippen LogP contribution in [0.1, 0.15) is 25.8 Å². The number of hydrogen-bond donors (Lipinski definition) is 1. The van der Waals surface area contributed by atoms with E-state index in [1.54, 1.807) is 25.3 Å². The lowest BCUT2D eigenvalue weighted by Crippen LogP contribution is -2.38. The molecule has 1 N–H and O–H groups in total. The van der Waals surface area contributed by atoms with Crippen LogP contribution < -0.4 is 15.0 Å². The molecule has 2 fully saturated rings. The zero-order valence-corrected chi connectivity index (χ0v) is 18.0. The van der Waals surface area contributed by atoms with Crippen LogP contribution in [0.4, 0.5) is 11.6 Å². The Labute approximate surface area is 178 Å². The molecule has 1 atom stereocenters. The molecule has 1 saturated heterocycles. The second-order valence-electron chi connectivity index (χ2n) is 7.08. The highest BCUT2D eigenvalue weighted by atomic mass is 35.5. The zero-order valence-electron chi connectivity index (χ0n) is 16.4. The molecular formula is C19H24ClN5O3S. The number of amides is 1. The molecule has 156 valence electrons. The number of thioether (sulfide) groups is 1. The van der Waals surface area contributed by atoms with Crippen LogP contribution in [-0.4, -0.2) is 59.3 Å². The van der Waals surface area contributed by atoms with Crippen LogP contribution in [0.3, 0.4) is 0 Å². The van der Waals surface area contributed by atoms with Gasteiger partial charge in [-0.25, -0.2) is 0 Å². The highest BCUT2D eigenvalue weighted by Gasteiger charge is 2.33. The summed E-state index contributed by atoms with van der Waals surface area (Å²) in [6, 6.07) is 5.54. The number of halogens is 1. The van der Waals surface area contributed by atoms with E-state index >= 15 is 0 Å². The van der Waals surface area contributed by atoms with Gasteiger partial charge in [-0.1, -0.05) is 23.4 Å². The number of aromatic nitrogens is 3. The minimum atomic E-state index is -0.363. The van der Waals surface area contributed by atoms with Crippen molar-refractivity contribution in [3.05, 3.63) is 23.2 Å². The van der Waals surface area contributed by atoms with Crippen LogP contribution in [0.25, 0.3) is 0 Å². The second-order valence-corrected chi connectivity index (χ2v) is 8.82. The molecule has 2 heterocycles. The molecule has 4 rings (SSSR count). The van der Waals surface area contributed by atoms with E-state index in [9.17, 15) is 4.79 Å². The molecule has 0 bridgehead atoms. The number of anilines is 2. The number of ether oxygens (including phenoxy) is 2. The molecule has 1 aromatic heterocycles. The summed E-state index contributed by atoms with van der Waals surface area (Å²) in [5, 5.41) is 12.7. The zero-order chi connectivity index (χ0) is 20.4. The van der Waals surface area contributed by atoms with E-state index in [1.807, 2.05) is 6.92 Å². The van der Waals surface area contributed by atoms with Gasteiger partial charge in [0, 0.05) is 24.2 Å². The van der Waals surface area contributed by atoms with Crippen LogP contribution in [0.15, 0.2) is 23.4 Å². The fourth-order valence-corrected chi connectivity index (χ4v) is 4.29. The van der Waals surface area contributed by atoms with Crippen molar-refractivity contribution in [3.63, 3.8) is 0 Å². The summed E-state index contributed by atoms with van der Waals surface area (Å²) in [6.45, 7) is 4.86. The smallest absolute Gasteiger partial charge is 0.237 e. The van der Waals surface area contributed by atoms with Crippen molar-refractivity contribution in [3.8, 4) is 5.75 Å². The number of nitrogens with one attached hydrogen (secondary N) is 1. The molecule has 10 heteroatoms. The van der Waals surface area contributed by atoms with Crippen LogP contribution >= 0.6 is 23.4 Å².